The maximum Gasteiger partial charge on any atom is 0.0804 e. The average Bonchev–Trinajstić information content (AvgIpc) is 2.18. The molecule has 1 saturated carbocycles. The molecular formula is C11H22O2. The summed E-state index contributed by atoms with van der Waals surface area (Å²) in [6.07, 6.45) is 6.06. The highest BCUT2D eigenvalue weighted by Crippen LogP contribution is 2.34. The van der Waals surface area contributed by atoms with Crippen molar-refractivity contribution in [2.75, 3.05) is 13.7 Å². The first-order valence-corrected chi connectivity index (χ1v) is 5.46. The van der Waals surface area contributed by atoms with Gasteiger partial charge in [0.1, 0.15) is 0 Å². The molecule has 0 heterocycles. The molecule has 0 amide bonds. The lowest BCUT2D eigenvalue weighted by molar-refractivity contribution is -0.00923. The van der Waals surface area contributed by atoms with E-state index < -0.39 is 0 Å². The first kappa shape index (κ1) is 11.0. The summed E-state index contributed by atoms with van der Waals surface area (Å²) in [5, 5.41) is 9.85. The zero-order valence-electron chi connectivity index (χ0n) is 8.83. The van der Waals surface area contributed by atoms with E-state index in [4.69, 9.17) is 4.74 Å². The van der Waals surface area contributed by atoms with Crippen LogP contribution in [0.5, 0.6) is 0 Å². The van der Waals surface area contributed by atoms with Gasteiger partial charge in [0.25, 0.3) is 0 Å². The van der Waals surface area contributed by atoms with E-state index in [1.807, 2.05) is 0 Å². The van der Waals surface area contributed by atoms with Gasteiger partial charge in [0.15, 0.2) is 0 Å². The number of hydrogen-bond donors (Lipinski definition) is 1. The largest absolute Gasteiger partial charge is 0.390 e. The van der Waals surface area contributed by atoms with Crippen LogP contribution in [0.3, 0.4) is 0 Å². The van der Waals surface area contributed by atoms with E-state index in [2.05, 4.69) is 6.92 Å². The zero-order chi connectivity index (χ0) is 9.68. The molecule has 1 fully saturated rings. The number of ether oxygens (including phenoxy) is 1. The number of hydrogen-bond acceptors (Lipinski definition) is 2. The fourth-order valence-electron chi connectivity index (χ4n) is 2.54. The summed E-state index contributed by atoms with van der Waals surface area (Å²) < 4.78 is 5.00. The molecular weight excluding hydrogens is 164 g/mol. The number of rotatable bonds is 4. The Balaban J connectivity index is 2.43. The van der Waals surface area contributed by atoms with Gasteiger partial charge >= 0.3 is 0 Å². The van der Waals surface area contributed by atoms with Crippen molar-refractivity contribution < 1.29 is 9.84 Å². The van der Waals surface area contributed by atoms with Crippen molar-refractivity contribution in [3.8, 4) is 0 Å². The highest BCUT2D eigenvalue weighted by atomic mass is 16.5. The highest BCUT2D eigenvalue weighted by molar-refractivity contribution is 4.79. The van der Waals surface area contributed by atoms with Crippen molar-refractivity contribution in [2.24, 2.45) is 11.8 Å². The molecule has 78 valence electrons. The molecule has 2 nitrogen and oxygen atoms in total. The Morgan fingerprint density at radius 1 is 1.38 bits per heavy atom. The summed E-state index contributed by atoms with van der Waals surface area (Å²) >= 11 is 0. The van der Waals surface area contributed by atoms with Crippen LogP contribution in [0.15, 0.2) is 0 Å². The quantitative estimate of drug-likeness (QED) is 0.729. The van der Waals surface area contributed by atoms with Crippen LogP contribution in [0.2, 0.25) is 0 Å². The molecule has 0 bridgehead atoms. The van der Waals surface area contributed by atoms with Crippen LogP contribution in [0.25, 0.3) is 0 Å². The smallest absolute Gasteiger partial charge is 0.0804 e. The third-order valence-corrected chi connectivity index (χ3v) is 3.32. The molecule has 0 aromatic rings. The van der Waals surface area contributed by atoms with Gasteiger partial charge in [-0.15, -0.1) is 0 Å². The van der Waals surface area contributed by atoms with Crippen molar-refractivity contribution in [1.29, 1.82) is 0 Å². The summed E-state index contributed by atoms with van der Waals surface area (Å²) in [5.41, 5.74) is 0. The van der Waals surface area contributed by atoms with E-state index in [0.717, 1.165) is 5.92 Å². The standard InChI is InChI=1S/C11H22O2/c1-3-9-6-4-5-7-10(9)11(12)8-13-2/h9-12H,3-8H2,1-2H3. The normalized spacial score (nSPS) is 31.6. The Morgan fingerprint density at radius 3 is 2.69 bits per heavy atom. The van der Waals surface area contributed by atoms with E-state index in [1.54, 1.807) is 7.11 Å². The van der Waals surface area contributed by atoms with Gasteiger partial charge in [0.05, 0.1) is 12.7 Å². The second-order valence-electron chi connectivity index (χ2n) is 4.14. The summed E-state index contributed by atoms with van der Waals surface area (Å²) in [7, 11) is 1.66. The molecule has 0 radical (unpaired) electrons. The van der Waals surface area contributed by atoms with Crippen molar-refractivity contribution in [2.45, 2.75) is 45.1 Å². The third-order valence-electron chi connectivity index (χ3n) is 3.32. The monoisotopic (exact) mass is 186 g/mol. The fraction of sp³-hybridized carbons (Fsp3) is 1.00. The average molecular weight is 186 g/mol. The zero-order valence-corrected chi connectivity index (χ0v) is 8.83. The molecule has 0 aromatic carbocycles. The second kappa shape index (κ2) is 5.61. The van der Waals surface area contributed by atoms with Crippen molar-refractivity contribution in [1.82, 2.24) is 0 Å². The molecule has 1 aliphatic rings. The molecule has 2 heteroatoms. The molecule has 1 N–H and O–H groups in total. The Hall–Kier alpha value is -0.0800. The van der Waals surface area contributed by atoms with Crippen molar-refractivity contribution in [3.05, 3.63) is 0 Å². The predicted molar refractivity (Wildman–Crippen MR) is 53.6 cm³/mol. The van der Waals surface area contributed by atoms with Gasteiger partial charge in [-0.3, -0.25) is 0 Å². The second-order valence-corrected chi connectivity index (χ2v) is 4.14. The van der Waals surface area contributed by atoms with E-state index >= 15 is 0 Å². The Kier molecular flexibility index (Phi) is 4.74. The van der Waals surface area contributed by atoms with Gasteiger partial charge in [-0.25, -0.2) is 0 Å². The van der Waals surface area contributed by atoms with Gasteiger partial charge in [0, 0.05) is 7.11 Å². The van der Waals surface area contributed by atoms with Crippen LogP contribution in [-0.2, 0) is 4.74 Å². The van der Waals surface area contributed by atoms with Crippen LogP contribution in [-0.4, -0.2) is 24.9 Å². The van der Waals surface area contributed by atoms with E-state index in [-0.39, 0.29) is 6.10 Å². The fourth-order valence-corrected chi connectivity index (χ4v) is 2.54. The van der Waals surface area contributed by atoms with Crippen LogP contribution in [0, 0.1) is 11.8 Å². The lowest BCUT2D eigenvalue weighted by atomic mass is 9.75. The molecule has 3 atom stereocenters. The topological polar surface area (TPSA) is 29.5 Å². The molecule has 0 saturated heterocycles. The van der Waals surface area contributed by atoms with E-state index in [1.165, 1.54) is 32.1 Å². The van der Waals surface area contributed by atoms with Gasteiger partial charge in [-0.05, 0) is 18.3 Å². The first-order valence-electron chi connectivity index (χ1n) is 5.46. The molecule has 0 aliphatic heterocycles. The Labute approximate surface area is 81.3 Å². The van der Waals surface area contributed by atoms with Crippen molar-refractivity contribution in [3.63, 3.8) is 0 Å². The SMILES string of the molecule is CCC1CCCCC1C(O)COC. The number of aliphatic hydroxyl groups excluding tert-OH is 1. The predicted octanol–water partition coefficient (Wildman–Crippen LogP) is 2.21. The third kappa shape index (κ3) is 2.96. The molecule has 13 heavy (non-hydrogen) atoms. The number of methoxy groups -OCH3 is 1. The van der Waals surface area contributed by atoms with Crippen molar-refractivity contribution >= 4 is 0 Å². The molecule has 0 aromatic heterocycles. The van der Waals surface area contributed by atoms with Crippen LogP contribution in [0.4, 0.5) is 0 Å². The van der Waals surface area contributed by atoms with E-state index in [9.17, 15) is 5.11 Å². The van der Waals surface area contributed by atoms with Crippen LogP contribution < -0.4 is 0 Å². The van der Waals surface area contributed by atoms with E-state index in [0.29, 0.717) is 12.5 Å². The molecule has 1 aliphatic carbocycles. The highest BCUT2D eigenvalue weighted by Gasteiger charge is 2.29. The summed E-state index contributed by atoms with van der Waals surface area (Å²) in [6, 6.07) is 0. The lowest BCUT2D eigenvalue weighted by Crippen LogP contribution is -2.33. The molecule has 3 unspecified atom stereocenters. The Bertz CT molecular complexity index is 136. The minimum Gasteiger partial charge on any atom is -0.390 e. The van der Waals surface area contributed by atoms with Gasteiger partial charge in [-0.1, -0.05) is 32.6 Å². The maximum absolute atomic E-state index is 9.85. The summed E-state index contributed by atoms with van der Waals surface area (Å²) in [6.45, 7) is 2.73. The minimum absolute atomic E-state index is 0.241. The molecule has 0 spiro atoms. The van der Waals surface area contributed by atoms with Gasteiger partial charge in [0.2, 0.25) is 0 Å². The lowest BCUT2D eigenvalue weighted by Gasteiger charge is -2.33. The summed E-state index contributed by atoms with van der Waals surface area (Å²) in [5.74, 6) is 1.21. The number of aliphatic hydroxyl groups is 1. The van der Waals surface area contributed by atoms with Crippen LogP contribution in [0.1, 0.15) is 39.0 Å². The summed E-state index contributed by atoms with van der Waals surface area (Å²) in [4.78, 5) is 0. The van der Waals surface area contributed by atoms with Crippen LogP contribution >= 0.6 is 0 Å². The Morgan fingerprint density at radius 2 is 2.08 bits per heavy atom. The maximum atomic E-state index is 9.85. The van der Waals surface area contributed by atoms with Gasteiger partial charge < -0.3 is 9.84 Å². The van der Waals surface area contributed by atoms with Gasteiger partial charge in [-0.2, -0.15) is 0 Å². The first-order chi connectivity index (χ1) is 6.29. The minimum atomic E-state index is -0.241. The molecule has 1 rings (SSSR count).